The standard InChI is InChI=1S/C52H28BrCl/c53-45-27-43-44(28-46(45)54)48(30-13-5-2-6-14-30)52-40-24-22-34(36-18-10-20-39(50(36)40)51(52)47(43)29-11-3-1-4-12-29)33-21-23-38-42-26-32-16-8-7-15-31(32)25-41(42)37-19-9-17-35(33)49(37)38/h1-28H. The highest BCUT2D eigenvalue weighted by Crippen LogP contribution is 2.59. The summed E-state index contributed by atoms with van der Waals surface area (Å²) < 4.78 is 0.895. The molecule has 2 aliphatic rings. The molecule has 0 saturated heterocycles. The molecule has 0 radical (unpaired) electrons. The van der Waals surface area contributed by atoms with Crippen LogP contribution >= 0.6 is 27.5 Å². The zero-order valence-electron chi connectivity index (χ0n) is 28.9. The number of rotatable bonds is 3. The lowest BCUT2D eigenvalue weighted by atomic mass is 9.82. The predicted octanol–water partition coefficient (Wildman–Crippen LogP) is 16.0. The molecule has 0 bridgehead atoms. The fourth-order valence-corrected chi connectivity index (χ4v) is 10.2. The molecule has 12 rings (SSSR count). The molecule has 0 saturated carbocycles. The van der Waals surface area contributed by atoms with Gasteiger partial charge in [0.25, 0.3) is 0 Å². The molecular formula is C52H28BrCl. The summed E-state index contributed by atoms with van der Waals surface area (Å²) in [6.07, 6.45) is 0. The van der Waals surface area contributed by atoms with Gasteiger partial charge in [-0.2, -0.15) is 0 Å². The van der Waals surface area contributed by atoms with Crippen molar-refractivity contribution in [3.05, 3.63) is 179 Å². The largest absolute Gasteiger partial charge is 0.0831 e. The van der Waals surface area contributed by atoms with E-state index in [1.807, 2.05) is 0 Å². The van der Waals surface area contributed by atoms with Crippen LogP contribution in [-0.4, -0.2) is 0 Å². The first-order valence-corrected chi connectivity index (χ1v) is 19.6. The van der Waals surface area contributed by atoms with E-state index in [-0.39, 0.29) is 0 Å². The zero-order chi connectivity index (χ0) is 35.7. The molecule has 250 valence electrons. The van der Waals surface area contributed by atoms with Gasteiger partial charge < -0.3 is 0 Å². The van der Waals surface area contributed by atoms with E-state index in [0.717, 1.165) is 9.86 Å². The van der Waals surface area contributed by atoms with Gasteiger partial charge >= 0.3 is 0 Å². The van der Waals surface area contributed by atoms with Crippen molar-refractivity contribution >= 4 is 70.6 Å². The summed E-state index contributed by atoms with van der Waals surface area (Å²) in [6, 6.07) is 62.7. The van der Waals surface area contributed by atoms with E-state index in [9.17, 15) is 0 Å². The molecule has 0 fully saturated rings. The third-order valence-corrected chi connectivity index (χ3v) is 13.0. The van der Waals surface area contributed by atoms with Crippen LogP contribution in [0, 0.1) is 0 Å². The zero-order valence-corrected chi connectivity index (χ0v) is 31.3. The van der Waals surface area contributed by atoms with Crippen LogP contribution < -0.4 is 0 Å². The molecule has 0 unspecified atom stereocenters. The van der Waals surface area contributed by atoms with Crippen LogP contribution in [0.5, 0.6) is 0 Å². The summed E-state index contributed by atoms with van der Waals surface area (Å²) >= 11 is 10.7. The van der Waals surface area contributed by atoms with Crippen molar-refractivity contribution in [3.8, 4) is 77.9 Å². The van der Waals surface area contributed by atoms with E-state index < -0.39 is 0 Å². The minimum absolute atomic E-state index is 0.706. The minimum atomic E-state index is 0.706. The second-order valence-corrected chi connectivity index (χ2v) is 15.8. The molecule has 54 heavy (non-hydrogen) atoms. The van der Waals surface area contributed by atoms with Gasteiger partial charge in [0, 0.05) is 4.47 Å². The molecule has 0 N–H and O–H groups in total. The van der Waals surface area contributed by atoms with E-state index in [1.165, 1.54) is 116 Å². The van der Waals surface area contributed by atoms with Gasteiger partial charge in [-0.3, -0.25) is 0 Å². The molecule has 0 aliphatic heterocycles. The van der Waals surface area contributed by atoms with Gasteiger partial charge in [0.05, 0.1) is 5.02 Å². The first kappa shape index (κ1) is 30.5. The summed E-state index contributed by atoms with van der Waals surface area (Å²) in [4.78, 5) is 0. The Balaban J connectivity index is 1.17. The van der Waals surface area contributed by atoms with Crippen molar-refractivity contribution in [1.82, 2.24) is 0 Å². The van der Waals surface area contributed by atoms with Gasteiger partial charge in [0.15, 0.2) is 0 Å². The Morgan fingerprint density at radius 1 is 0.315 bits per heavy atom. The van der Waals surface area contributed by atoms with Crippen LogP contribution in [0.15, 0.2) is 174 Å². The van der Waals surface area contributed by atoms with Crippen LogP contribution in [0.1, 0.15) is 0 Å². The Hall–Kier alpha value is -5.99. The third-order valence-electron chi connectivity index (χ3n) is 11.9. The lowest BCUT2D eigenvalue weighted by molar-refractivity contribution is 1.61. The van der Waals surface area contributed by atoms with E-state index in [2.05, 4.69) is 186 Å². The van der Waals surface area contributed by atoms with Crippen molar-refractivity contribution in [2.75, 3.05) is 0 Å². The highest BCUT2D eigenvalue weighted by molar-refractivity contribution is 9.10. The maximum absolute atomic E-state index is 6.94. The van der Waals surface area contributed by atoms with Crippen LogP contribution in [0.2, 0.25) is 5.02 Å². The third kappa shape index (κ3) is 4.09. The highest BCUT2D eigenvalue weighted by Gasteiger charge is 2.32. The topological polar surface area (TPSA) is 0 Å². The lowest BCUT2D eigenvalue weighted by Gasteiger charge is -2.21. The van der Waals surface area contributed by atoms with Crippen molar-refractivity contribution < 1.29 is 0 Å². The van der Waals surface area contributed by atoms with Gasteiger partial charge in [-0.05, 0) is 161 Å². The van der Waals surface area contributed by atoms with Gasteiger partial charge in [-0.25, -0.2) is 0 Å². The second kappa shape index (κ2) is 11.3. The van der Waals surface area contributed by atoms with Gasteiger partial charge in [-0.1, -0.05) is 157 Å². The van der Waals surface area contributed by atoms with E-state index in [1.54, 1.807) is 0 Å². The smallest absolute Gasteiger partial charge is 0.0554 e. The Kier molecular flexibility index (Phi) is 6.35. The van der Waals surface area contributed by atoms with Crippen LogP contribution in [0.4, 0.5) is 0 Å². The van der Waals surface area contributed by atoms with Crippen molar-refractivity contribution in [2.45, 2.75) is 0 Å². The van der Waals surface area contributed by atoms with Crippen LogP contribution in [-0.2, 0) is 0 Å². The molecule has 10 aromatic carbocycles. The number of benzene rings is 10. The molecule has 2 aliphatic carbocycles. The fourth-order valence-electron chi connectivity index (χ4n) is 9.66. The molecule has 0 nitrogen and oxygen atoms in total. The molecule has 0 aromatic heterocycles. The number of halogens is 2. The molecule has 0 spiro atoms. The maximum atomic E-state index is 6.94. The summed E-state index contributed by atoms with van der Waals surface area (Å²) in [5, 5.41) is 10.8. The second-order valence-electron chi connectivity index (χ2n) is 14.6. The Morgan fingerprint density at radius 3 is 1.35 bits per heavy atom. The van der Waals surface area contributed by atoms with Gasteiger partial charge in [-0.15, -0.1) is 0 Å². The average Bonchev–Trinajstić information content (AvgIpc) is 3.71. The number of hydrogen-bond acceptors (Lipinski definition) is 0. The monoisotopic (exact) mass is 766 g/mol. The van der Waals surface area contributed by atoms with Crippen molar-refractivity contribution in [2.24, 2.45) is 0 Å². The van der Waals surface area contributed by atoms with Gasteiger partial charge in [0.1, 0.15) is 0 Å². The minimum Gasteiger partial charge on any atom is -0.0831 e. The maximum Gasteiger partial charge on any atom is 0.0554 e. The molecule has 10 aromatic rings. The van der Waals surface area contributed by atoms with E-state index in [4.69, 9.17) is 11.6 Å². The first-order valence-electron chi connectivity index (χ1n) is 18.4. The van der Waals surface area contributed by atoms with E-state index in [0.29, 0.717) is 5.02 Å². The first-order chi connectivity index (χ1) is 26.6. The molecule has 0 heterocycles. The number of fused-ring (bicyclic) bond motifs is 8. The summed E-state index contributed by atoms with van der Waals surface area (Å²) in [5.41, 5.74) is 17.7. The predicted molar refractivity (Wildman–Crippen MR) is 234 cm³/mol. The van der Waals surface area contributed by atoms with Gasteiger partial charge in [0.2, 0.25) is 0 Å². The Labute approximate surface area is 326 Å². The fraction of sp³-hybridized carbons (Fsp3) is 0. The molecule has 0 atom stereocenters. The van der Waals surface area contributed by atoms with Crippen molar-refractivity contribution in [1.29, 1.82) is 0 Å². The highest BCUT2D eigenvalue weighted by atomic mass is 79.9. The van der Waals surface area contributed by atoms with Crippen LogP contribution in [0.25, 0.3) is 121 Å². The summed E-state index contributed by atoms with van der Waals surface area (Å²) in [5.74, 6) is 0. The molecule has 2 heteroatoms. The quantitative estimate of drug-likeness (QED) is 0.168. The molecule has 0 amide bonds. The SMILES string of the molecule is Clc1cc2c(-c3ccccc3)c3c(c(-c4ccccc4)c2cc1Br)-c1cccc2c(-c4ccc5c6c(cccc46)-c4cc6ccccc6cc4-5)ccc-3c12. The Morgan fingerprint density at radius 2 is 0.759 bits per heavy atom. The van der Waals surface area contributed by atoms with E-state index >= 15 is 0 Å². The lowest BCUT2D eigenvalue weighted by Crippen LogP contribution is -1.94. The number of hydrogen-bond donors (Lipinski definition) is 0. The normalized spacial score (nSPS) is 12.3. The Bertz CT molecular complexity index is 3120. The van der Waals surface area contributed by atoms with Crippen LogP contribution in [0.3, 0.4) is 0 Å². The summed E-state index contributed by atoms with van der Waals surface area (Å²) in [6.45, 7) is 0. The average molecular weight is 768 g/mol. The molecular weight excluding hydrogens is 740 g/mol. The van der Waals surface area contributed by atoms with Crippen molar-refractivity contribution in [3.63, 3.8) is 0 Å². The summed E-state index contributed by atoms with van der Waals surface area (Å²) in [7, 11) is 0.